The summed E-state index contributed by atoms with van der Waals surface area (Å²) in [5.41, 5.74) is 1.75. The summed E-state index contributed by atoms with van der Waals surface area (Å²) >= 11 is 2.71. The highest BCUT2D eigenvalue weighted by molar-refractivity contribution is 7.99. The van der Waals surface area contributed by atoms with Gasteiger partial charge in [0.2, 0.25) is 10.9 Å². The Kier molecular flexibility index (Phi) is 7.39. The van der Waals surface area contributed by atoms with Crippen molar-refractivity contribution in [3.8, 4) is 0 Å². The molecule has 2 amide bonds. The monoisotopic (exact) mass is 378 g/mol. The summed E-state index contributed by atoms with van der Waals surface area (Å²) in [6.45, 7) is 5.94. The number of thioether (sulfide) groups is 1. The Balaban J connectivity index is 1.82. The van der Waals surface area contributed by atoms with Crippen molar-refractivity contribution in [2.24, 2.45) is 0 Å². The third kappa shape index (κ3) is 6.13. The van der Waals surface area contributed by atoms with E-state index >= 15 is 0 Å². The number of nitrogens with zero attached hydrogens (tertiary/aromatic N) is 2. The highest BCUT2D eigenvalue weighted by Gasteiger charge is 2.14. The van der Waals surface area contributed by atoms with Gasteiger partial charge in [0, 0.05) is 17.5 Å². The van der Waals surface area contributed by atoms with Crippen molar-refractivity contribution >= 4 is 40.6 Å². The van der Waals surface area contributed by atoms with Crippen molar-refractivity contribution in [3.05, 3.63) is 39.8 Å². The fourth-order valence-corrected chi connectivity index (χ4v) is 3.56. The smallest absolute Gasteiger partial charge is 0.286 e. The lowest BCUT2D eigenvalue weighted by Gasteiger charge is -2.10. The molecule has 1 atom stereocenters. The average Bonchev–Trinajstić information content (AvgIpc) is 3.05. The van der Waals surface area contributed by atoms with Gasteiger partial charge in [-0.1, -0.05) is 36.5 Å². The molecule has 2 N–H and O–H groups in total. The standard InChI is InChI=1S/C17H22N4O2S2/c1-4-12(3)18-14(22)9-24-10-15-20-21-17(25-15)16(23)19-13-8-6-5-7-11(13)2/h5-8,12H,4,9-10H2,1-3H3,(H,18,22)(H,19,23)/t12-/m1/s1. The van der Waals surface area contributed by atoms with Crippen molar-refractivity contribution in [1.29, 1.82) is 0 Å². The minimum atomic E-state index is -0.266. The van der Waals surface area contributed by atoms with Crippen LogP contribution in [-0.2, 0) is 10.5 Å². The van der Waals surface area contributed by atoms with E-state index in [4.69, 9.17) is 0 Å². The molecular weight excluding hydrogens is 356 g/mol. The molecule has 134 valence electrons. The molecule has 0 radical (unpaired) electrons. The number of para-hydroxylation sites is 1. The van der Waals surface area contributed by atoms with E-state index in [1.54, 1.807) is 0 Å². The molecule has 0 aliphatic rings. The highest BCUT2D eigenvalue weighted by Crippen LogP contribution is 2.19. The van der Waals surface area contributed by atoms with Gasteiger partial charge in [-0.15, -0.1) is 22.0 Å². The molecule has 0 aliphatic heterocycles. The molecule has 0 unspecified atom stereocenters. The maximum absolute atomic E-state index is 12.2. The Morgan fingerprint density at radius 2 is 2.04 bits per heavy atom. The van der Waals surface area contributed by atoms with Gasteiger partial charge < -0.3 is 10.6 Å². The molecule has 0 bridgehead atoms. The van der Waals surface area contributed by atoms with Crippen LogP contribution in [0.4, 0.5) is 5.69 Å². The summed E-state index contributed by atoms with van der Waals surface area (Å²) in [5.74, 6) is 0.677. The largest absolute Gasteiger partial charge is 0.353 e. The number of nitrogens with one attached hydrogen (secondary N) is 2. The van der Waals surface area contributed by atoms with Crippen molar-refractivity contribution in [3.63, 3.8) is 0 Å². The Morgan fingerprint density at radius 1 is 1.28 bits per heavy atom. The van der Waals surface area contributed by atoms with Crippen LogP contribution in [0, 0.1) is 6.92 Å². The zero-order valence-electron chi connectivity index (χ0n) is 14.5. The lowest BCUT2D eigenvalue weighted by atomic mass is 10.2. The number of aromatic nitrogens is 2. The van der Waals surface area contributed by atoms with Gasteiger partial charge in [0.05, 0.1) is 5.75 Å². The Hall–Kier alpha value is -1.93. The molecule has 0 spiro atoms. The van der Waals surface area contributed by atoms with E-state index in [9.17, 15) is 9.59 Å². The van der Waals surface area contributed by atoms with Crippen LogP contribution in [0.5, 0.6) is 0 Å². The molecule has 8 heteroatoms. The second kappa shape index (κ2) is 9.53. The van der Waals surface area contributed by atoms with Crippen LogP contribution in [0.3, 0.4) is 0 Å². The zero-order valence-corrected chi connectivity index (χ0v) is 16.2. The summed E-state index contributed by atoms with van der Waals surface area (Å²) in [6, 6.07) is 7.76. The third-order valence-electron chi connectivity index (χ3n) is 3.53. The number of hydrogen-bond acceptors (Lipinski definition) is 6. The Labute approximate surface area is 155 Å². The van der Waals surface area contributed by atoms with Gasteiger partial charge in [0.1, 0.15) is 5.01 Å². The molecule has 2 rings (SSSR count). The van der Waals surface area contributed by atoms with Crippen LogP contribution in [0.15, 0.2) is 24.3 Å². The third-order valence-corrected chi connectivity index (χ3v) is 5.58. The summed E-state index contributed by atoms with van der Waals surface area (Å²) < 4.78 is 0. The van der Waals surface area contributed by atoms with Crippen LogP contribution >= 0.6 is 23.1 Å². The maximum Gasteiger partial charge on any atom is 0.286 e. The quantitative estimate of drug-likeness (QED) is 0.737. The normalized spacial score (nSPS) is 11.8. The molecule has 1 aromatic carbocycles. The molecule has 2 aromatic rings. The maximum atomic E-state index is 12.2. The first-order valence-electron chi connectivity index (χ1n) is 8.06. The summed E-state index contributed by atoms with van der Waals surface area (Å²) in [7, 11) is 0. The summed E-state index contributed by atoms with van der Waals surface area (Å²) in [5, 5.41) is 14.8. The molecule has 6 nitrogen and oxygen atoms in total. The molecule has 0 saturated heterocycles. The first kappa shape index (κ1) is 19.4. The number of aryl methyl sites for hydroxylation is 1. The summed E-state index contributed by atoms with van der Waals surface area (Å²) in [4.78, 5) is 24.0. The van der Waals surface area contributed by atoms with Gasteiger partial charge in [-0.05, 0) is 31.9 Å². The van der Waals surface area contributed by atoms with Crippen LogP contribution < -0.4 is 10.6 Å². The van der Waals surface area contributed by atoms with E-state index in [0.717, 1.165) is 22.7 Å². The second-order valence-electron chi connectivity index (χ2n) is 5.64. The van der Waals surface area contributed by atoms with Gasteiger partial charge >= 0.3 is 0 Å². The van der Waals surface area contributed by atoms with E-state index in [1.165, 1.54) is 23.1 Å². The zero-order chi connectivity index (χ0) is 18.2. The van der Waals surface area contributed by atoms with Gasteiger partial charge in [0.25, 0.3) is 5.91 Å². The van der Waals surface area contributed by atoms with E-state index < -0.39 is 0 Å². The van der Waals surface area contributed by atoms with Crippen LogP contribution in [0.25, 0.3) is 0 Å². The van der Waals surface area contributed by atoms with Crippen LogP contribution in [-0.4, -0.2) is 33.8 Å². The number of hydrogen-bond donors (Lipinski definition) is 2. The van der Waals surface area contributed by atoms with Gasteiger partial charge in [-0.2, -0.15) is 0 Å². The van der Waals surface area contributed by atoms with Crippen molar-refractivity contribution in [2.45, 2.75) is 39.0 Å². The van der Waals surface area contributed by atoms with Crippen molar-refractivity contribution in [1.82, 2.24) is 15.5 Å². The van der Waals surface area contributed by atoms with Crippen LogP contribution in [0.1, 0.15) is 40.6 Å². The van der Waals surface area contributed by atoms with Crippen LogP contribution in [0.2, 0.25) is 0 Å². The van der Waals surface area contributed by atoms with E-state index in [-0.39, 0.29) is 17.9 Å². The molecule has 0 saturated carbocycles. The molecule has 1 heterocycles. The first-order chi connectivity index (χ1) is 12.0. The van der Waals surface area contributed by atoms with Gasteiger partial charge in [-0.3, -0.25) is 9.59 Å². The average molecular weight is 379 g/mol. The van der Waals surface area contributed by atoms with E-state index in [1.807, 2.05) is 45.0 Å². The van der Waals surface area contributed by atoms with Gasteiger partial charge in [-0.25, -0.2) is 0 Å². The Morgan fingerprint density at radius 3 is 2.76 bits per heavy atom. The summed E-state index contributed by atoms with van der Waals surface area (Å²) in [6.07, 6.45) is 0.909. The fraction of sp³-hybridized carbons (Fsp3) is 0.412. The number of rotatable bonds is 8. The second-order valence-corrected chi connectivity index (χ2v) is 7.69. The first-order valence-corrected chi connectivity index (χ1v) is 10.0. The number of carbonyl (C=O) groups is 2. The SMILES string of the molecule is CC[C@@H](C)NC(=O)CSCc1nnc(C(=O)Nc2ccccc2C)s1. The molecular formula is C17H22N4O2S2. The molecule has 0 fully saturated rings. The predicted molar refractivity (Wildman–Crippen MR) is 103 cm³/mol. The fourth-order valence-electron chi connectivity index (χ4n) is 1.94. The van der Waals surface area contributed by atoms with E-state index in [2.05, 4.69) is 20.8 Å². The van der Waals surface area contributed by atoms with Gasteiger partial charge in [0.15, 0.2) is 0 Å². The Bertz CT molecular complexity index is 733. The number of amides is 2. The highest BCUT2D eigenvalue weighted by atomic mass is 32.2. The molecule has 1 aromatic heterocycles. The van der Waals surface area contributed by atoms with Crippen molar-refractivity contribution < 1.29 is 9.59 Å². The van der Waals surface area contributed by atoms with E-state index in [0.29, 0.717) is 16.5 Å². The number of carbonyl (C=O) groups excluding carboxylic acids is 2. The number of benzene rings is 1. The van der Waals surface area contributed by atoms with Crippen molar-refractivity contribution in [2.75, 3.05) is 11.1 Å². The minimum absolute atomic E-state index is 0.0152. The molecule has 25 heavy (non-hydrogen) atoms. The lowest BCUT2D eigenvalue weighted by Crippen LogP contribution is -2.33. The topological polar surface area (TPSA) is 84.0 Å². The molecule has 0 aliphatic carbocycles. The lowest BCUT2D eigenvalue weighted by molar-refractivity contribution is -0.119. The number of anilines is 1. The predicted octanol–water partition coefficient (Wildman–Crippen LogP) is 3.25. The minimum Gasteiger partial charge on any atom is -0.353 e.